The molecular formula is C25H22N4O8. The number of fused-ring (bicyclic) bond motifs is 5. The number of nitrogens with zero attached hydrogens (tertiary/aromatic N) is 3. The van der Waals surface area contributed by atoms with E-state index in [2.05, 4.69) is 5.32 Å². The molecule has 3 aliphatic rings. The van der Waals surface area contributed by atoms with Crippen molar-refractivity contribution in [1.82, 2.24) is 4.90 Å². The zero-order chi connectivity index (χ0) is 26.4. The Morgan fingerprint density at radius 3 is 2.24 bits per heavy atom. The lowest BCUT2D eigenvalue weighted by Crippen LogP contribution is -2.38. The van der Waals surface area contributed by atoms with Crippen molar-refractivity contribution < 1.29 is 29.0 Å². The van der Waals surface area contributed by atoms with E-state index in [1.54, 1.807) is 0 Å². The third-order valence-corrected chi connectivity index (χ3v) is 7.33. The van der Waals surface area contributed by atoms with Crippen LogP contribution in [-0.2, 0) is 14.4 Å². The number of allylic oxidation sites excluding steroid dienone is 2. The lowest BCUT2D eigenvalue weighted by Gasteiger charge is -2.28. The summed E-state index contributed by atoms with van der Waals surface area (Å²) in [6.07, 6.45) is 4.22. The van der Waals surface area contributed by atoms with Crippen LogP contribution < -0.4 is 10.1 Å². The molecular weight excluding hydrogens is 484 g/mol. The molecule has 1 heterocycles. The first kappa shape index (κ1) is 24.1. The highest BCUT2D eigenvalue weighted by Crippen LogP contribution is 2.54. The molecule has 1 saturated heterocycles. The van der Waals surface area contributed by atoms with Gasteiger partial charge in [0.2, 0.25) is 17.7 Å². The van der Waals surface area contributed by atoms with Gasteiger partial charge in [-0.1, -0.05) is 24.3 Å². The van der Waals surface area contributed by atoms with Gasteiger partial charge in [-0.3, -0.25) is 39.5 Å². The smallest absolute Gasteiger partial charge is 0.271 e. The minimum absolute atomic E-state index is 0.0395. The molecule has 1 N–H and O–H groups in total. The zero-order valence-corrected chi connectivity index (χ0v) is 19.6. The second kappa shape index (κ2) is 9.12. The van der Waals surface area contributed by atoms with E-state index in [0.717, 1.165) is 17.4 Å². The molecule has 5 unspecified atom stereocenters. The van der Waals surface area contributed by atoms with E-state index in [4.69, 9.17) is 4.74 Å². The molecule has 37 heavy (non-hydrogen) atoms. The summed E-state index contributed by atoms with van der Waals surface area (Å²) in [5, 5.41) is 25.2. The van der Waals surface area contributed by atoms with Gasteiger partial charge in [-0.2, -0.15) is 0 Å². The van der Waals surface area contributed by atoms with Gasteiger partial charge in [0.15, 0.2) is 0 Å². The molecule has 1 saturated carbocycles. The fraction of sp³-hybridized carbons (Fsp3) is 0.320. The number of anilines is 1. The van der Waals surface area contributed by atoms with E-state index in [1.807, 2.05) is 12.2 Å². The number of amides is 3. The van der Waals surface area contributed by atoms with E-state index in [-0.39, 0.29) is 40.2 Å². The van der Waals surface area contributed by atoms with Gasteiger partial charge < -0.3 is 10.1 Å². The van der Waals surface area contributed by atoms with Crippen molar-refractivity contribution in [3.05, 3.63) is 80.4 Å². The highest BCUT2D eigenvalue weighted by molar-refractivity contribution is 6.07. The number of ether oxygens (including phenoxy) is 1. The molecule has 2 aromatic carbocycles. The minimum atomic E-state index is -1.10. The zero-order valence-electron chi connectivity index (χ0n) is 19.6. The summed E-state index contributed by atoms with van der Waals surface area (Å²) >= 11 is 0. The summed E-state index contributed by atoms with van der Waals surface area (Å²) in [7, 11) is 1.34. The Kier molecular flexibility index (Phi) is 5.94. The number of nitro groups is 2. The van der Waals surface area contributed by atoms with E-state index in [1.165, 1.54) is 43.5 Å². The number of carbonyl (C=O) groups is 3. The number of non-ortho nitro benzene ring substituents is 2. The Labute approximate surface area is 210 Å². The second-order valence-corrected chi connectivity index (χ2v) is 9.31. The maximum absolute atomic E-state index is 13.5. The number of rotatable bonds is 8. The van der Waals surface area contributed by atoms with Crippen molar-refractivity contribution >= 4 is 34.8 Å². The highest BCUT2D eigenvalue weighted by Gasteiger charge is 2.60. The number of likely N-dealkylation sites (tertiary alicyclic amines) is 1. The number of nitrogens with one attached hydrogen (secondary N) is 1. The van der Waals surface area contributed by atoms with Crippen LogP contribution in [0.15, 0.2) is 54.6 Å². The molecule has 190 valence electrons. The van der Waals surface area contributed by atoms with Crippen LogP contribution in [0.2, 0.25) is 0 Å². The first-order valence-electron chi connectivity index (χ1n) is 11.6. The molecule has 5 rings (SSSR count). The SMILES string of the molecule is COc1ccc([N+](=O)[O-])cc1NC(=O)CC(c1cccc([N+](=O)[O-])c1)N1C(=O)C2C3C=CC(C3)C2C1=O. The maximum Gasteiger partial charge on any atom is 0.271 e. The minimum Gasteiger partial charge on any atom is -0.495 e. The molecule has 12 heteroatoms. The number of imide groups is 1. The number of carbonyl (C=O) groups excluding carboxylic acids is 3. The molecule has 2 fully saturated rings. The van der Waals surface area contributed by atoms with Crippen molar-refractivity contribution in [2.75, 3.05) is 12.4 Å². The van der Waals surface area contributed by atoms with Crippen molar-refractivity contribution in [3.8, 4) is 5.75 Å². The molecule has 12 nitrogen and oxygen atoms in total. The summed E-state index contributed by atoms with van der Waals surface area (Å²) in [5.41, 5.74) is -0.216. The van der Waals surface area contributed by atoms with Gasteiger partial charge in [0.1, 0.15) is 5.75 Å². The van der Waals surface area contributed by atoms with E-state index in [9.17, 15) is 34.6 Å². The van der Waals surface area contributed by atoms with Gasteiger partial charge in [-0.15, -0.1) is 0 Å². The fourth-order valence-corrected chi connectivity index (χ4v) is 5.72. The predicted octanol–water partition coefficient (Wildman–Crippen LogP) is 3.39. The first-order valence-corrected chi connectivity index (χ1v) is 11.6. The third kappa shape index (κ3) is 4.09. The highest BCUT2D eigenvalue weighted by atomic mass is 16.6. The molecule has 3 amide bonds. The van der Waals surface area contributed by atoms with Crippen LogP contribution >= 0.6 is 0 Å². The van der Waals surface area contributed by atoms with Crippen molar-refractivity contribution in [2.45, 2.75) is 18.9 Å². The van der Waals surface area contributed by atoms with Gasteiger partial charge in [-0.25, -0.2) is 0 Å². The Bertz CT molecular complexity index is 1340. The third-order valence-electron chi connectivity index (χ3n) is 7.33. The van der Waals surface area contributed by atoms with Gasteiger partial charge in [0.25, 0.3) is 11.4 Å². The molecule has 2 aromatic rings. The molecule has 5 atom stereocenters. The van der Waals surface area contributed by atoms with Gasteiger partial charge in [0.05, 0.1) is 46.9 Å². The van der Waals surface area contributed by atoms with Crippen LogP contribution in [0.1, 0.15) is 24.4 Å². The molecule has 2 bridgehead atoms. The van der Waals surface area contributed by atoms with Crippen molar-refractivity contribution in [3.63, 3.8) is 0 Å². The Hall–Kier alpha value is -4.61. The largest absolute Gasteiger partial charge is 0.495 e. The van der Waals surface area contributed by atoms with Crippen LogP contribution in [0.25, 0.3) is 0 Å². The molecule has 0 radical (unpaired) electrons. The lowest BCUT2D eigenvalue weighted by molar-refractivity contribution is -0.385. The van der Waals surface area contributed by atoms with Crippen molar-refractivity contribution in [1.29, 1.82) is 0 Å². The average Bonchev–Trinajstić information content (AvgIpc) is 3.56. The summed E-state index contributed by atoms with van der Waals surface area (Å²) in [4.78, 5) is 62.6. The first-order chi connectivity index (χ1) is 17.7. The summed E-state index contributed by atoms with van der Waals surface area (Å²) in [5.74, 6) is -2.40. The summed E-state index contributed by atoms with van der Waals surface area (Å²) < 4.78 is 5.19. The maximum atomic E-state index is 13.5. The Morgan fingerprint density at radius 1 is 1.03 bits per heavy atom. The second-order valence-electron chi connectivity index (χ2n) is 9.31. The molecule has 0 aromatic heterocycles. The average molecular weight is 506 g/mol. The van der Waals surface area contributed by atoms with E-state index in [0.29, 0.717) is 0 Å². The van der Waals surface area contributed by atoms with Crippen LogP contribution in [0, 0.1) is 43.9 Å². The molecule has 1 aliphatic heterocycles. The Morgan fingerprint density at radius 2 is 1.65 bits per heavy atom. The van der Waals surface area contributed by atoms with Crippen LogP contribution in [0.5, 0.6) is 5.75 Å². The summed E-state index contributed by atoms with van der Waals surface area (Å²) in [6, 6.07) is 8.08. The van der Waals surface area contributed by atoms with E-state index < -0.39 is 51.9 Å². The fourth-order valence-electron chi connectivity index (χ4n) is 5.72. The monoisotopic (exact) mass is 506 g/mol. The number of nitro benzene ring substituents is 2. The van der Waals surface area contributed by atoms with Crippen LogP contribution in [0.4, 0.5) is 17.1 Å². The Balaban J connectivity index is 1.48. The number of hydrogen-bond donors (Lipinski definition) is 1. The summed E-state index contributed by atoms with van der Waals surface area (Å²) in [6.45, 7) is 0. The topological polar surface area (TPSA) is 162 Å². The quantitative estimate of drug-likeness (QED) is 0.246. The number of benzene rings is 2. The number of hydrogen-bond acceptors (Lipinski definition) is 8. The van der Waals surface area contributed by atoms with Gasteiger partial charge in [0, 0.05) is 24.3 Å². The normalized spacial score (nSPS) is 24.2. The standard InChI is InChI=1S/C25H22N4O8/c1-37-20-8-7-17(29(35)36)11-18(20)26-21(30)12-19(13-3-2-4-16(10-13)28(33)34)27-24(31)22-14-5-6-15(9-14)23(22)25(27)32/h2-8,10-11,14-15,19,22-23H,9,12H2,1H3,(H,26,30). The van der Waals surface area contributed by atoms with Gasteiger partial charge >= 0.3 is 0 Å². The lowest BCUT2D eigenvalue weighted by atomic mass is 9.85. The van der Waals surface area contributed by atoms with Crippen LogP contribution in [0.3, 0.4) is 0 Å². The van der Waals surface area contributed by atoms with E-state index >= 15 is 0 Å². The van der Waals surface area contributed by atoms with Crippen LogP contribution in [-0.4, -0.2) is 39.6 Å². The molecule has 0 spiro atoms. The predicted molar refractivity (Wildman–Crippen MR) is 128 cm³/mol. The number of methoxy groups -OCH3 is 1. The van der Waals surface area contributed by atoms with Crippen molar-refractivity contribution in [2.24, 2.45) is 23.7 Å². The molecule has 2 aliphatic carbocycles. The van der Waals surface area contributed by atoms with Gasteiger partial charge in [-0.05, 0) is 29.9 Å².